The largest absolute Gasteiger partial charge is 0.496 e. The van der Waals surface area contributed by atoms with E-state index in [-0.39, 0.29) is 5.91 Å². The zero-order chi connectivity index (χ0) is 17.8. The molecule has 1 unspecified atom stereocenters. The van der Waals surface area contributed by atoms with Crippen LogP contribution in [0.2, 0.25) is 0 Å². The first-order valence-corrected chi connectivity index (χ1v) is 8.08. The molecule has 5 heteroatoms. The van der Waals surface area contributed by atoms with Crippen LogP contribution >= 0.6 is 0 Å². The molecule has 0 fully saturated rings. The number of imidazole rings is 1. The minimum absolute atomic E-state index is 0.154. The van der Waals surface area contributed by atoms with E-state index >= 15 is 0 Å². The predicted octanol–water partition coefficient (Wildman–Crippen LogP) is 3.26. The highest BCUT2D eigenvalue weighted by Gasteiger charge is 2.24. The van der Waals surface area contributed by atoms with Crippen LogP contribution in [0, 0.1) is 6.92 Å². The standard InChI is InChI=1S/C20H21N3O2/c1-14-8-10-15(11-9-14)20(24)22-18(19-21-12-13-23(19)2)16-6-4-5-7-17(16)25-3/h4-13,18H,1-3H3,(H,22,24). The van der Waals surface area contributed by atoms with E-state index in [1.165, 1.54) is 0 Å². The second kappa shape index (κ2) is 7.21. The third kappa shape index (κ3) is 3.55. The summed E-state index contributed by atoms with van der Waals surface area (Å²) in [6.45, 7) is 1.99. The number of aromatic nitrogens is 2. The number of nitrogens with zero attached hydrogens (tertiary/aromatic N) is 2. The van der Waals surface area contributed by atoms with E-state index in [0.717, 1.165) is 17.0 Å². The van der Waals surface area contributed by atoms with Gasteiger partial charge in [0.2, 0.25) is 0 Å². The number of aryl methyl sites for hydroxylation is 2. The Hall–Kier alpha value is -3.08. The number of carbonyl (C=O) groups is 1. The van der Waals surface area contributed by atoms with E-state index in [0.29, 0.717) is 11.3 Å². The topological polar surface area (TPSA) is 56.1 Å². The van der Waals surface area contributed by atoms with Gasteiger partial charge in [0.1, 0.15) is 17.6 Å². The van der Waals surface area contributed by atoms with Gasteiger partial charge in [0.05, 0.1) is 7.11 Å². The molecule has 0 aliphatic carbocycles. The summed E-state index contributed by atoms with van der Waals surface area (Å²) >= 11 is 0. The number of benzene rings is 2. The zero-order valence-electron chi connectivity index (χ0n) is 14.6. The van der Waals surface area contributed by atoms with Gasteiger partial charge in [-0.1, -0.05) is 35.9 Å². The highest BCUT2D eigenvalue weighted by Crippen LogP contribution is 2.29. The molecule has 1 aromatic heterocycles. The summed E-state index contributed by atoms with van der Waals surface area (Å²) in [6.07, 6.45) is 3.57. The van der Waals surface area contributed by atoms with Gasteiger partial charge in [-0.05, 0) is 25.1 Å². The molecule has 0 saturated heterocycles. The minimum atomic E-state index is -0.412. The van der Waals surface area contributed by atoms with Crippen LogP contribution in [-0.4, -0.2) is 22.6 Å². The van der Waals surface area contributed by atoms with E-state index in [2.05, 4.69) is 10.3 Å². The van der Waals surface area contributed by atoms with Crippen LogP contribution in [0.4, 0.5) is 0 Å². The van der Waals surface area contributed by atoms with Gasteiger partial charge in [-0.2, -0.15) is 0 Å². The Labute approximate surface area is 147 Å². The van der Waals surface area contributed by atoms with Crippen molar-refractivity contribution in [3.05, 3.63) is 83.4 Å². The first-order valence-electron chi connectivity index (χ1n) is 8.08. The van der Waals surface area contributed by atoms with Gasteiger partial charge in [0.25, 0.3) is 5.91 Å². The van der Waals surface area contributed by atoms with Gasteiger partial charge in [0, 0.05) is 30.6 Å². The number of rotatable bonds is 5. The Morgan fingerprint density at radius 2 is 1.88 bits per heavy atom. The first kappa shape index (κ1) is 16.8. The van der Waals surface area contributed by atoms with Crippen LogP contribution in [0.15, 0.2) is 60.9 Å². The summed E-state index contributed by atoms with van der Waals surface area (Å²) in [6, 6.07) is 14.7. The van der Waals surface area contributed by atoms with Gasteiger partial charge in [-0.15, -0.1) is 0 Å². The Balaban J connectivity index is 1.99. The number of methoxy groups -OCH3 is 1. The van der Waals surface area contributed by atoms with E-state index in [4.69, 9.17) is 4.74 Å². The third-order valence-corrected chi connectivity index (χ3v) is 4.16. The highest BCUT2D eigenvalue weighted by molar-refractivity contribution is 5.94. The number of ether oxygens (including phenoxy) is 1. The summed E-state index contributed by atoms with van der Waals surface area (Å²) in [5.41, 5.74) is 2.58. The number of hydrogen-bond acceptors (Lipinski definition) is 3. The summed E-state index contributed by atoms with van der Waals surface area (Å²) in [5.74, 6) is 1.29. The van der Waals surface area contributed by atoms with Crippen molar-refractivity contribution in [2.24, 2.45) is 7.05 Å². The zero-order valence-corrected chi connectivity index (χ0v) is 14.6. The van der Waals surface area contributed by atoms with E-state index in [1.54, 1.807) is 13.3 Å². The smallest absolute Gasteiger partial charge is 0.252 e. The lowest BCUT2D eigenvalue weighted by molar-refractivity contribution is 0.0941. The van der Waals surface area contributed by atoms with Crippen LogP contribution in [-0.2, 0) is 7.05 Å². The Bertz CT molecular complexity index is 869. The molecule has 5 nitrogen and oxygen atoms in total. The van der Waals surface area contributed by atoms with Crippen LogP contribution in [0.1, 0.15) is 33.4 Å². The summed E-state index contributed by atoms with van der Waals surface area (Å²) < 4.78 is 7.37. The molecule has 1 heterocycles. The summed E-state index contributed by atoms with van der Waals surface area (Å²) in [5, 5.41) is 3.08. The number of amides is 1. The number of nitrogens with one attached hydrogen (secondary N) is 1. The molecule has 0 spiro atoms. The van der Waals surface area contributed by atoms with E-state index in [1.807, 2.05) is 73.3 Å². The molecular weight excluding hydrogens is 314 g/mol. The fraction of sp³-hybridized carbons (Fsp3) is 0.200. The second-order valence-corrected chi connectivity index (χ2v) is 5.91. The average molecular weight is 335 g/mol. The SMILES string of the molecule is COc1ccccc1C(NC(=O)c1ccc(C)cc1)c1nccn1C. The van der Waals surface area contributed by atoms with Crippen molar-refractivity contribution >= 4 is 5.91 Å². The molecule has 0 bridgehead atoms. The molecule has 128 valence electrons. The van der Waals surface area contributed by atoms with E-state index in [9.17, 15) is 4.79 Å². The van der Waals surface area contributed by atoms with Crippen molar-refractivity contribution in [1.82, 2.24) is 14.9 Å². The third-order valence-electron chi connectivity index (χ3n) is 4.16. The van der Waals surface area contributed by atoms with Crippen molar-refractivity contribution in [1.29, 1.82) is 0 Å². The van der Waals surface area contributed by atoms with Crippen LogP contribution in [0.3, 0.4) is 0 Å². The lowest BCUT2D eigenvalue weighted by atomic mass is 10.0. The molecule has 1 atom stereocenters. The number of hydrogen-bond donors (Lipinski definition) is 1. The molecule has 0 radical (unpaired) electrons. The van der Waals surface area contributed by atoms with Gasteiger partial charge >= 0.3 is 0 Å². The second-order valence-electron chi connectivity index (χ2n) is 5.91. The van der Waals surface area contributed by atoms with Gasteiger partial charge in [-0.25, -0.2) is 4.98 Å². The van der Waals surface area contributed by atoms with E-state index < -0.39 is 6.04 Å². The van der Waals surface area contributed by atoms with Crippen molar-refractivity contribution < 1.29 is 9.53 Å². The maximum absolute atomic E-state index is 12.8. The molecule has 1 N–H and O–H groups in total. The molecule has 0 aliphatic heterocycles. The number of para-hydroxylation sites is 1. The number of carbonyl (C=O) groups excluding carboxylic acids is 1. The first-order chi connectivity index (χ1) is 12.1. The van der Waals surface area contributed by atoms with Crippen molar-refractivity contribution in [3.63, 3.8) is 0 Å². The monoisotopic (exact) mass is 335 g/mol. The molecule has 2 aromatic carbocycles. The lowest BCUT2D eigenvalue weighted by Gasteiger charge is -2.21. The average Bonchev–Trinajstić information content (AvgIpc) is 3.06. The molecule has 0 aliphatic rings. The molecular formula is C20H21N3O2. The molecule has 3 aromatic rings. The molecule has 0 saturated carbocycles. The van der Waals surface area contributed by atoms with Gasteiger partial charge in [-0.3, -0.25) is 4.79 Å². The van der Waals surface area contributed by atoms with Crippen LogP contribution < -0.4 is 10.1 Å². The normalized spacial score (nSPS) is 11.8. The van der Waals surface area contributed by atoms with Crippen LogP contribution in [0.5, 0.6) is 5.75 Å². The molecule has 1 amide bonds. The quantitative estimate of drug-likeness (QED) is 0.779. The molecule has 3 rings (SSSR count). The lowest BCUT2D eigenvalue weighted by Crippen LogP contribution is -2.31. The van der Waals surface area contributed by atoms with Crippen molar-refractivity contribution in [2.45, 2.75) is 13.0 Å². The van der Waals surface area contributed by atoms with Crippen molar-refractivity contribution in [3.8, 4) is 5.75 Å². The fourth-order valence-electron chi connectivity index (χ4n) is 2.76. The highest BCUT2D eigenvalue weighted by atomic mass is 16.5. The Morgan fingerprint density at radius 3 is 2.52 bits per heavy atom. The van der Waals surface area contributed by atoms with Gasteiger partial charge in [0.15, 0.2) is 0 Å². The predicted molar refractivity (Wildman–Crippen MR) is 96.7 cm³/mol. The summed E-state index contributed by atoms with van der Waals surface area (Å²) in [7, 11) is 3.53. The fourth-order valence-corrected chi connectivity index (χ4v) is 2.76. The maximum Gasteiger partial charge on any atom is 0.252 e. The van der Waals surface area contributed by atoms with Crippen molar-refractivity contribution in [2.75, 3.05) is 7.11 Å². The minimum Gasteiger partial charge on any atom is -0.496 e. The van der Waals surface area contributed by atoms with Crippen LogP contribution in [0.25, 0.3) is 0 Å². The maximum atomic E-state index is 12.8. The Morgan fingerprint density at radius 1 is 1.16 bits per heavy atom. The molecule has 25 heavy (non-hydrogen) atoms. The van der Waals surface area contributed by atoms with Gasteiger partial charge < -0.3 is 14.6 Å². The Kier molecular flexibility index (Phi) is 4.84. The summed E-state index contributed by atoms with van der Waals surface area (Å²) in [4.78, 5) is 17.2.